The van der Waals surface area contributed by atoms with Gasteiger partial charge in [0.05, 0.1) is 12.3 Å². The lowest BCUT2D eigenvalue weighted by Crippen LogP contribution is -2.16. The van der Waals surface area contributed by atoms with Gasteiger partial charge in [-0.25, -0.2) is 4.79 Å². The Morgan fingerprint density at radius 3 is 2.71 bits per heavy atom. The Labute approximate surface area is 143 Å². The molecule has 0 spiro atoms. The van der Waals surface area contributed by atoms with E-state index >= 15 is 0 Å². The van der Waals surface area contributed by atoms with E-state index in [-0.39, 0.29) is 0 Å². The Morgan fingerprint density at radius 1 is 1.25 bits per heavy atom. The van der Waals surface area contributed by atoms with Crippen LogP contribution in [0.1, 0.15) is 29.2 Å². The maximum absolute atomic E-state index is 11.8. The first-order chi connectivity index (χ1) is 11.5. The summed E-state index contributed by atoms with van der Waals surface area (Å²) in [7, 11) is 0. The smallest absolute Gasteiger partial charge is 0.411 e. The zero-order valence-corrected chi connectivity index (χ0v) is 14.4. The number of benzene rings is 2. The maximum Gasteiger partial charge on any atom is 0.411 e. The van der Waals surface area contributed by atoms with Crippen molar-refractivity contribution >= 4 is 17.9 Å². The molecule has 0 aliphatic carbocycles. The molecule has 4 heteroatoms. The van der Waals surface area contributed by atoms with Crippen LogP contribution in [0.5, 0.6) is 5.75 Å². The normalized spacial score (nSPS) is 10.1. The Balaban J connectivity index is 2.22. The number of carbonyl (C=O) groups is 1. The molecule has 2 aromatic carbocycles. The highest BCUT2D eigenvalue weighted by Gasteiger charge is 2.12. The monoisotopic (exact) mass is 325 g/mol. The minimum atomic E-state index is -0.487. The van der Waals surface area contributed by atoms with E-state index in [1.54, 1.807) is 13.0 Å². The summed E-state index contributed by atoms with van der Waals surface area (Å²) < 4.78 is 10.9. The Kier molecular flexibility index (Phi) is 6.01. The molecule has 0 fully saturated rings. The van der Waals surface area contributed by atoms with E-state index < -0.39 is 6.09 Å². The molecule has 0 atom stereocenters. The molecule has 0 aliphatic rings. The standard InChI is InChI=1S/C20H23NO3/c1-5-16-8-7-9-17(19(16)21-20(22)23-6-2)13-24-18-11-10-14(3)12-15(18)4/h5,7-12H,1,6,13H2,2-4H3,(H,21,22). The predicted octanol–water partition coefficient (Wildman–Crippen LogP) is 5.09. The van der Waals surface area contributed by atoms with Gasteiger partial charge in [0.1, 0.15) is 12.4 Å². The van der Waals surface area contributed by atoms with Crippen LogP contribution in [0.25, 0.3) is 6.08 Å². The van der Waals surface area contributed by atoms with Gasteiger partial charge in [-0.3, -0.25) is 5.32 Å². The van der Waals surface area contributed by atoms with Crippen LogP contribution in [0.2, 0.25) is 0 Å². The van der Waals surface area contributed by atoms with E-state index in [2.05, 4.69) is 18.0 Å². The maximum atomic E-state index is 11.8. The number of hydrogen-bond acceptors (Lipinski definition) is 3. The van der Waals surface area contributed by atoms with Crippen molar-refractivity contribution in [1.29, 1.82) is 0 Å². The molecule has 126 valence electrons. The first-order valence-corrected chi connectivity index (χ1v) is 7.93. The van der Waals surface area contributed by atoms with Crippen LogP contribution >= 0.6 is 0 Å². The summed E-state index contributed by atoms with van der Waals surface area (Å²) in [5.41, 5.74) is 4.62. The molecule has 24 heavy (non-hydrogen) atoms. The van der Waals surface area contributed by atoms with Crippen molar-refractivity contribution in [1.82, 2.24) is 0 Å². The van der Waals surface area contributed by atoms with Crippen LogP contribution in [-0.2, 0) is 11.3 Å². The van der Waals surface area contributed by atoms with Crippen molar-refractivity contribution in [2.45, 2.75) is 27.4 Å². The number of amides is 1. The molecule has 0 aliphatic heterocycles. The minimum absolute atomic E-state index is 0.316. The molecule has 0 radical (unpaired) electrons. The minimum Gasteiger partial charge on any atom is -0.489 e. The average Bonchev–Trinajstić information content (AvgIpc) is 2.55. The van der Waals surface area contributed by atoms with E-state index in [1.165, 1.54) is 5.56 Å². The van der Waals surface area contributed by atoms with Gasteiger partial charge in [0, 0.05) is 5.56 Å². The van der Waals surface area contributed by atoms with Gasteiger partial charge in [-0.1, -0.05) is 48.6 Å². The summed E-state index contributed by atoms with van der Waals surface area (Å²) in [4.78, 5) is 11.8. The highest BCUT2D eigenvalue weighted by Crippen LogP contribution is 2.26. The molecule has 2 aromatic rings. The summed E-state index contributed by atoms with van der Waals surface area (Å²) in [6.45, 7) is 10.3. The number of ether oxygens (including phenoxy) is 2. The first-order valence-electron chi connectivity index (χ1n) is 7.93. The number of nitrogens with one attached hydrogen (secondary N) is 1. The summed E-state index contributed by atoms with van der Waals surface area (Å²) >= 11 is 0. The third-order valence-corrected chi connectivity index (χ3v) is 3.62. The Bertz CT molecular complexity index is 738. The zero-order chi connectivity index (χ0) is 17.5. The number of carbonyl (C=O) groups excluding carboxylic acids is 1. The molecule has 4 nitrogen and oxygen atoms in total. The zero-order valence-electron chi connectivity index (χ0n) is 14.4. The van der Waals surface area contributed by atoms with Gasteiger partial charge in [-0.2, -0.15) is 0 Å². The average molecular weight is 325 g/mol. The summed E-state index contributed by atoms with van der Waals surface area (Å²) in [5, 5.41) is 2.78. The van der Waals surface area contributed by atoms with Gasteiger partial charge in [0.15, 0.2) is 0 Å². The van der Waals surface area contributed by atoms with Crippen LogP contribution in [0.15, 0.2) is 43.0 Å². The van der Waals surface area contributed by atoms with Crippen molar-refractivity contribution in [3.05, 3.63) is 65.2 Å². The van der Waals surface area contributed by atoms with Crippen LogP contribution in [0.4, 0.5) is 10.5 Å². The van der Waals surface area contributed by atoms with Gasteiger partial charge in [0.25, 0.3) is 0 Å². The fourth-order valence-electron chi connectivity index (χ4n) is 2.45. The fraction of sp³-hybridized carbons (Fsp3) is 0.250. The highest BCUT2D eigenvalue weighted by atomic mass is 16.5. The molecule has 0 heterocycles. The third kappa shape index (κ3) is 4.38. The van der Waals surface area contributed by atoms with E-state index in [4.69, 9.17) is 9.47 Å². The van der Waals surface area contributed by atoms with Crippen molar-refractivity contribution in [2.75, 3.05) is 11.9 Å². The molecular formula is C20H23NO3. The third-order valence-electron chi connectivity index (χ3n) is 3.62. The van der Waals surface area contributed by atoms with Gasteiger partial charge < -0.3 is 9.47 Å². The lowest BCUT2D eigenvalue weighted by Gasteiger charge is -2.15. The van der Waals surface area contributed by atoms with Gasteiger partial charge in [0.2, 0.25) is 0 Å². The van der Waals surface area contributed by atoms with Crippen molar-refractivity contribution in [2.24, 2.45) is 0 Å². The molecule has 0 bridgehead atoms. The molecule has 1 N–H and O–H groups in total. The topological polar surface area (TPSA) is 47.6 Å². The molecule has 0 unspecified atom stereocenters. The number of aryl methyl sites for hydroxylation is 2. The molecule has 0 saturated heterocycles. The van der Waals surface area contributed by atoms with E-state index in [0.717, 1.165) is 22.4 Å². The second-order valence-corrected chi connectivity index (χ2v) is 5.49. The molecule has 1 amide bonds. The summed E-state index contributed by atoms with van der Waals surface area (Å²) in [6, 6.07) is 11.8. The highest BCUT2D eigenvalue weighted by molar-refractivity contribution is 5.89. The SMILES string of the molecule is C=Cc1cccc(COc2ccc(C)cc2C)c1NC(=O)OCC. The van der Waals surface area contributed by atoms with Crippen LogP contribution in [0.3, 0.4) is 0 Å². The number of para-hydroxylation sites is 1. The number of rotatable bonds is 6. The van der Waals surface area contributed by atoms with Crippen molar-refractivity contribution < 1.29 is 14.3 Å². The van der Waals surface area contributed by atoms with E-state index in [1.807, 2.05) is 44.2 Å². The molecule has 2 rings (SSSR count). The van der Waals surface area contributed by atoms with Crippen LogP contribution in [-0.4, -0.2) is 12.7 Å². The van der Waals surface area contributed by atoms with E-state index in [9.17, 15) is 4.79 Å². The van der Waals surface area contributed by atoms with Crippen LogP contribution in [0, 0.1) is 13.8 Å². The molecule has 0 aromatic heterocycles. The van der Waals surface area contributed by atoms with Gasteiger partial charge in [-0.15, -0.1) is 0 Å². The van der Waals surface area contributed by atoms with E-state index in [0.29, 0.717) is 18.9 Å². The number of hydrogen-bond donors (Lipinski definition) is 1. The van der Waals surface area contributed by atoms with Crippen molar-refractivity contribution in [3.63, 3.8) is 0 Å². The second-order valence-electron chi connectivity index (χ2n) is 5.49. The van der Waals surface area contributed by atoms with Gasteiger partial charge >= 0.3 is 6.09 Å². The lowest BCUT2D eigenvalue weighted by molar-refractivity contribution is 0.168. The van der Waals surface area contributed by atoms with Crippen molar-refractivity contribution in [3.8, 4) is 5.75 Å². The van der Waals surface area contributed by atoms with Crippen LogP contribution < -0.4 is 10.1 Å². The number of anilines is 1. The Morgan fingerprint density at radius 2 is 2.04 bits per heavy atom. The fourth-order valence-corrected chi connectivity index (χ4v) is 2.45. The van der Waals surface area contributed by atoms with Gasteiger partial charge in [-0.05, 0) is 38.0 Å². The Hall–Kier alpha value is -2.75. The predicted molar refractivity (Wildman–Crippen MR) is 97.4 cm³/mol. The summed E-state index contributed by atoms with van der Waals surface area (Å²) in [5.74, 6) is 0.826. The molecular weight excluding hydrogens is 302 g/mol. The quantitative estimate of drug-likeness (QED) is 0.804. The molecule has 0 saturated carbocycles. The largest absolute Gasteiger partial charge is 0.489 e. The first kappa shape index (κ1) is 17.6. The second kappa shape index (κ2) is 8.20. The lowest BCUT2D eigenvalue weighted by atomic mass is 10.1. The summed E-state index contributed by atoms with van der Waals surface area (Å²) in [6.07, 6.45) is 1.21.